The average molecular weight is 154 g/mol. The Morgan fingerprint density at radius 2 is 2.27 bits per heavy atom. The minimum Gasteiger partial charge on any atom is -0.343 e. The maximum atomic E-state index is 12.6. The Hall–Kier alpha value is -0.890. The molecule has 0 fully saturated rings. The van der Waals surface area contributed by atoms with Gasteiger partial charge in [-0.05, 0) is 19.1 Å². The molecule has 0 aliphatic heterocycles. The predicted octanol–water partition coefficient (Wildman–Crippen LogP) is 0.909. The Labute approximate surface area is 66.2 Å². The number of hydrogen-bond acceptors (Lipinski definition) is 0. The second-order valence-corrected chi connectivity index (χ2v) is 2.53. The third-order valence-corrected chi connectivity index (χ3v) is 1.56. The quantitative estimate of drug-likeness (QED) is 0.666. The zero-order valence-corrected chi connectivity index (χ0v) is 6.68. The molecule has 0 heterocycles. The average Bonchev–Trinajstić information content (AvgIpc) is 2.01. The van der Waals surface area contributed by atoms with Crippen molar-refractivity contribution in [3.05, 3.63) is 35.6 Å². The van der Waals surface area contributed by atoms with E-state index in [4.69, 9.17) is 0 Å². The summed E-state index contributed by atoms with van der Waals surface area (Å²) in [6.45, 7) is 3.99. The van der Waals surface area contributed by atoms with Gasteiger partial charge in [-0.3, -0.25) is 0 Å². The third kappa shape index (κ3) is 2.68. The lowest BCUT2D eigenvalue weighted by Crippen LogP contribution is -2.81. The summed E-state index contributed by atoms with van der Waals surface area (Å²) in [5, 5.41) is 2.13. The fourth-order valence-corrected chi connectivity index (χ4v) is 0.975. The van der Waals surface area contributed by atoms with Crippen LogP contribution in [0.3, 0.4) is 0 Å². The molecule has 1 aromatic carbocycles. The highest BCUT2D eigenvalue weighted by molar-refractivity contribution is 5.14. The topological polar surface area (TPSA) is 16.6 Å². The number of halogens is 1. The normalized spacial score (nSPS) is 10.0. The molecule has 1 rings (SSSR count). The van der Waals surface area contributed by atoms with E-state index in [-0.39, 0.29) is 5.82 Å². The van der Waals surface area contributed by atoms with Crippen LogP contribution in [0, 0.1) is 5.82 Å². The van der Waals surface area contributed by atoms with Crippen molar-refractivity contribution in [2.75, 3.05) is 6.54 Å². The summed E-state index contributed by atoms with van der Waals surface area (Å²) in [6.07, 6.45) is 0. The van der Waals surface area contributed by atoms with Gasteiger partial charge in [-0.15, -0.1) is 0 Å². The van der Waals surface area contributed by atoms with Gasteiger partial charge in [0, 0.05) is 5.56 Å². The molecule has 2 heteroatoms. The van der Waals surface area contributed by atoms with Gasteiger partial charge >= 0.3 is 0 Å². The standard InChI is InChI=1S/C9H12FN/c1-2-11-7-8-4-3-5-9(10)6-8/h3-6,11H,2,7H2,1H3/p+1. The molecule has 60 valence electrons. The van der Waals surface area contributed by atoms with E-state index in [2.05, 4.69) is 12.2 Å². The molecular formula is C9H13FN+. The van der Waals surface area contributed by atoms with E-state index in [1.54, 1.807) is 12.1 Å². The molecule has 0 aromatic heterocycles. The molecule has 0 atom stereocenters. The van der Waals surface area contributed by atoms with Crippen LogP contribution < -0.4 is 5.32 Å². The molecule has 0 aliphatic rings. The fourth-order valence-electron chi connectivity index (χ4n) is 0.975. The zero-order valence-electron chi connectivity index (χ0n) is 6.68. The summed E-state index contributed by atoms with van der Waals surface area (Å²) >= 11 is 0. The monoisotopic (exact) mass is 154 g/mol. The second-order valence-electron chi connectivity index (χ2n) is 2.53. The highest BCUT2D eigenvalue weighted by atomic mass is 19.1. The molecule has 1 aromatic rings. The van der Waals surface area contributed by atoms with Crippen LogP contribution in [0.15, 0.2) is 24.3 Å². The Morgan fingerprint density at radius 3 is 2.91 bits per heavy atom. The van der Waals surface area contributed by atoms with Crippen LogP contribution >= 0.6 is 0 Å². The lowest BCUT2D eigenvalue weighted by atomic mass is 10.2. The molecule has 2 N–H and O–H groups in total. The van der Waals surface area contributed by atoms with Crippen molar-refractivity contribution in [2.24, 2.45) is 0 Å². The Morgan fingerprint density at radius 1 is 1.45 bits per heavy atom. The van der Waals surface area contributed by atoms with Gasteiger partial charge in [0.25, 0.3) is 0 Å². The summed E-state index contributed by atoms with van der Waals surface area (Å²) in [7, 11) is 0. The Balaban J connectivity index is 2.56. The second kappa shape index (κ2) is 4.09. The van der Waals surface area contributed by atoms with Crippen molar-refractivity contribution in [1.29, 1.82) is 0 Å². The highest BCUT2D eigenvalue weighted by Crippen LogP contribution is 2.00. The molecule has 0 spiro atoms. The van der Waals surface area contributed by atoms with Gasteiger partial charge in [0.05, 0.1) is 6.54 Å². The van der Waals surface area contributed by atoms with Gasteiger partial charge < -0.3 is 5.32 Å². The number of nitrogens with two attached hydrogens (primary N) is 1. The summed E-state index contributed by atoms with van der Waals surface area (Å²) in [5.74, 6) is -0.146. The van der Waals surface area contributed by atoms with E-state index in [0.717, 1.165) is 18.7 Å². The Kier molecular flexibility index (Phi) is 3.05. The molecule has 11 heavy (non-hydrogen) atoms. The number of hydrogen-bond donors (Lipinski definition) is 1. The fraction of sp³-hybridized carbons (Fsp3) is 0.333. The van der Waals surface area contributed by atoms with Crippen LogP contribution in [0.5, 0.6) is 0 Å². The maximum Gasteiger partial charge on any atom is 0.123 e. The van der Waals surface area contributed by atoms with Crippen LogP contribution in [0.1, 0.15) is 12.5 Å². The van der Waals surface area contributed by atoms with Crippen LogP contribution in [0.2, 0.25) is 0 Å². The number of rotatable bonds is 3. The molecule has 0 saturated carbocycles. The number of quaternary nitrogens is 1. The van der Waals surface area contributed by atoms with Crippen LogP contribution in [0.4, 0.5) is 4.39 Å². The summed E-state index contributed by atoms with van der Waals surface area (Å²) in [5.41, 5.74) is 1.05. The summed E-state index contributed by atoms with van der Waals surface area (Å²) < 4.78 is 12.6. The molecule has 0 unspecified atom stereocenters. The van der Waals surface area contributed by atoms with Crippen LogP contribution in [-0.4, -0.2) is 6.54 Å². The van der Waals surface area contributed by atoms with Gasteiger partial charge in [0.2, 0.25) is 0 Å². The van der Waals surface area contributed by atoms with Crippen molar-refractivity contribution in [2.45, 2.75) is 13.5 Å². The van der Waals surface area contributed by atoms with E-state index >= 15 is 0 Å². The van der Waals surface area contributed by atoms with Crippen molar-refractivity contribution in [1.82, 2.24) is 0 Å². The largest absolute Gasteiger partial charge is 0.343 e. The molecular weight excluding hydrogens is 141 g/mol. The lowest BCUT2D eigenvalue weighted by molar-refractivity contribution is -0.667. The first-order chi connectivity index (χ1) is 5.33. The van der Waals surface area contributed by atoms with Gasteiger partial charge in [-0.25, -0.2) is 4.39 Å². The molecule has 0 saturated heterocycles. The van der Waals surface area contributed by atoms with Gasteiger partial charge in [-0.1, -0.05) is 12.1 Å². The maximum absolute atomic E-state index is 12.6. The minimum atomic E-state index is -0.146. The first-order valence-corrected chi connectivity index (χ1v) is 3.89. The predicted molar refractivity (Wildman–Crippen MR) is 42.6 cm³/mol. The van der Waals surface area contributed by atoms with Gasteiger partial charge in [0.1, 0.15) is 12.4 Å². The first kappa shape index (κ1) is 8.21. The molecule has 0 bridgehead atoms. The molecule has 0 radical (unpaired) electrons. The number of benzene rings is 1. The Bertz CT molecular complexity index is 223. The lowest BCUT2D eigenvalue weighted by Gasteiger charge is -1.97. The summed E-state index contributed by atoms with van der Waals surface area (Å²) in [4.78, 5) is 0. The minimum absolute atomic E-state index is 0.146. The van der Waals surface area contributed by atoms with E-state index in [1.165, 1.54) is 6.07 Å². The van der Waals surface area contributed by atoms with E-state index in [0.29, 0.717) is 0 Å². The highest BCUT2D eigenvalue weighted by Gasteiger charge is 1.94. The molecule has 0 amide bonds. The smallest absolute Gasteiger partial charge is 0.123 e. The van der Waals surface area contributed by atoms with E-state index in [1.807, 2.05) is 6.07 Å². The summed E-state index contributed by atoms with van der Waals surface area (Å²) in [6, 6.07) is 6.73. The van der Waals surface area contributed by atoms with E-state index in [9.17, 15) is 4.39 Å². The van der Waals surface area contributed by atoms with Crippen molar-refractivity contribution in [3.8, 4) is 0 Å². The van der Waals surface area contributed by atoms with Crippen molar-refractivity contribution < 1.29 is 9.71 Å². The zero-order chi connectivity index (χ0) is 8.10. The van der Waals surface area contributed by atoms with Crippen LogP contribution in [0.25, 0.3) is 0 Å². The van der Waals surface area contributed by atoms with Crippen molar-refractivity contribution in [3.63, 3.8) is 0 Å². The van der Waals surface area contributed by atoms with E-state index < -0.39 is 0 Å². The van der Waals surface area contributed by atoms with Crippen LogP contribution in [-0.2, 0) is 6.54 Å². The SMILES string of the molecule is CC[NH2+]Cc1cccc(F)c1. The van der Waals surface area contributed by atoms with Crippen molar-refractivity contribution >= 4 is 0 Å². The van der Waals surface area contributed by atoms with Gasteiger partial charge in [0.15, 0.2) is 0 Å². The van der Waals surface area contributed by atoms with Gasteiger partial charge in [-0.2, -0.15) is 0 Å². The molecule has 1 nitrogen and oxygen atoms in total. The first-order valence-electron chi connectivity index (χ1n) is 3.89. The molecule has 0 aliphatic carbocycles. The third-order valence-electron chi connectivity index (χ3n) is 1.56.